The van der Waals surface area contributed by atoms with Crippen molar-refractivity contribution in [2.75, 3.05) is 13.2 Å². The second kappa shape index (κ2) is 9.61. The summed E-state index contributed by atoms with van der Waals surface area (Å²) in [5.41, 5.74) is 1.52. The van der Waals surface area contributed by atoms with Crippen LogP contribution in [0.3, 0.4) is 0 Å². The Morgan fingerprint density at radius 2 is 1.78 bits per heavy atom. The molecular weight excluding hydrogens is 346 g/mol. The molecule has 0 spiro atoms. The summed E-state index contributed by atoms with van der Waals surface area (Å²) in [4.78, 5) is 15.1. The number of carbonyl (C=O) groups excluding carboxylic acids is 1. The Morgan fingerprint density at radius 1 is 1.11 bits per heavy atom. The van der Waals surface area contributed by atoms with Crippen LogP contribution >= 0.6 is 0 Å². The van der Waals surface area contributed by atoms with Crippen LogP contribution < -0.4 is 5.32 Å². The average Bonchev–Trinajstić information content (AvgIpc) is 3.21. The van der Waals surface area contributed by atoms with Crippen LogP contribution in [-0.4, -0.2) is 39.4 Å². The molecule has 3 rings (SSSR count). The Hall–Kier alpha value is -3.03. The maximum absolute atomic E-state index is 11.2. The summed E-state index contributed by atoms with van der Waals surface area (Å²) in [6, 6.07) is 16.3. The second-order valence-electron chi connectivity index (χ2n) is 6.24. The Kier molecular flexibility index (Phi) is 7.22. The number of aliphatic hydroxyl groups is 2. The summed E-state index contributed by atoms with van der Waals surface area (Å²) < 4.78 is 4.66. The largest absolute Gasteiger partial charge is 0.395 e. The Bertz CT molecular complexity index is 811. The van der Waals surface area contributed by atoms with Crippen molar-refractivity contribution in [2.45, 2.75) is 19.4 Å². The summed E-state index contributed by atoms with van der Waals surface area (Å²) in [6.07, 6.45) is 1.29. The smallest absolute Gasteiger partial charge is 0.251 e. The minimum Gasteiger partial charge on any atom is -0.395 e. The number of nitrogens with one attached hydrogen (secondary N) is 1. The van der Waals surface area contributed by atoms with E-state index < -0.39 is 5.60 Å². The first-order valence-electron chi connectivity index (χ1n) is 8.45. The molecule has 7 heteroatoms. The Balaban J connectivity index is 0.000000199. The van der Waals surface area contributed by atoms with Crippen LogP contribution in [0, 0.1) is 0 Å². The number of hydrogen-bond acceptors (Lipinski definition) is 6. The van der Waals surface area contributed by atoms with Crippen LogP contribution in [0.1, 0.15) is 29.8 Å². The van der Waals surface area contributed by atoms with Gasteiger partial charge in [-0.25, -0.2) is 0 Å². The van der Waals surface area contributed by atoms with Crippen molar-refractivity contribution < 1.29 is 19.5 Å². The number of benzene rings is 2. The molecule has 0 bridgehead atoms. The van der Waals surface area contributed by atoms with Crippen LogP contribution in [-0.2, 0) is 5.60 Å². The number of amides is 1. The lowest BCUT2D eigenvalue weighted by atomic mass is 9.97. The fourth-order valence-electron chi connectivity index (χ4n) is 2.19. The van der Waals surface area contributed by atoms with E-state index >= 15 is 0 Å². The van der Waals surface area contributed by atoms with Gasteiger partial charge in [0, 0.05) is 17.7 Å². The van der Waals surface area contributed by atoms with E-state index in [0.717, 1.165) is 11.1 Å². The predicted octanol–water partition coefficient (Wildman–Crippen LogP) is 2.37. The third-order valence-electron chi connectivity index (χ3n) is 3.64. The molecule has 7 nitrogen and oxygen atoms in total. The molecule has 1 aromatic heterocycles. The van der Waals surface area contributed by atoms with Crippen LogP contribution in [0.2, 0.25) is 0 Å². The van der Waals surface area contributed by atoms with Gasteiger partial charge in [0.25, 0.3) is 5.91 Å². The van der Waals surface area contributed by atoms with Crippen molar-refractivity contribution in [3.63, 3.8) is 0 Å². The first-order chi connectivity index (χ1) is 12.9. The third kappa shape index (κ3) is 6.32. The molecular formula is C20H23N3O4. The van der Waals surface area contributed by atoms with Crippen molar-refractivity contribution in [3.05, 3.63) is 72.1 Å². The van der Waals surface area contributed by atoms with Crippen LogP contribution in [0.4, 0.5) is 0 Å². The van der Waals surface area contributed by atoms with E-state index in [1.54, 1.807) is 38.1 Å². The lowest BCUT2D eigenvalue weighted by Gasteiger charge is -2.17. The van der Waals surface area contributed by atoms with Gasteiger partial charge in [-0.3, -0.25) is 4.79 Å². The van der Waals surface area contributed by atoms with E-state index in [4.69, 9.17) is 5.11 Å². The number of hydrogen-bond donors (Lipinski definition) is 3. The maximum Gasteiger partial charge on any atom is 0.251 e. The van der Waals surface area contributed by atoms with Gasteiger partial charge in [-0.05, 0) is 31.5 Å². The van der Waals surface area contributed by atoms with Gasteiger partial charge in [0.1, 0.15) is 0 Å². The molecule has 3 aromatic rings. The molecule has 2 aromatic carbocycles. The molecule has 1 amide bonds. The molecule has 0 radical (unpaired) electrons. The van der Waals surface area contributed by atoms with E-state index in [1.807, 2.05) is 30.3 Å². The van der Waals surface area contributed by atoms with Crippen LogP contribution in [0.25, 0.3) is 11.4 Å². The van der Waals surface area contributed by atoms with Gasteiger partial charge in [0.05, 0.1) is 12.2 Å². The summed E-state index contributed by atoms with van der Waals surface area (Å²) >= 11 is 0. The Labute approximate surface area is 157 Å². The molecule has 0 unspecified atom stereocenters. The van der Waals surface area contributed by atoms with Gasteiger partial charge in [0.2, 0.25) is 12.2 Å². The van der Waals surface area contributed by atoms with Crippen molar-refractivity contribution in [3.8, 4) is 11.4 Å². The molecule has 0 saturated carbocycles. The minimum absolute atomic E-state index is 0.0292. The second-order valence-corrected chi connectivity index (χ2v) is 6.24. The van der Waals surface area contributed by atoms with Gasteiger partial charge in [-0.15, -0.1) is 0 Å². The van der Waals surface area contributed by atoms with E-state index in [2.05, 4.69) is 20.0 Å². The van der Waals surface area contributed by atoms with E-state index in [1.165, 1.54) is 6.39 Å². The molecule has 0 fully saturated rings. The molecule has 0 saturated heterocycles. The Morgan fingerprint density at radius 3 is 2.30 bits per heavy atom. The minimum atomic E-state index is -0.824. The summed E-state index contributed by atoms with van der Waals surface area (Å²) in [5, 5.41) is 24.5. The highest BCUT2D eigenvalue weighted by molar-refractivity contribution is 5.94. The fourth-order valence-corrected chi connectivity index (χ4v) is 2.19. The molecule has 0 atom stereocenters. The number of nitrogens with zero attached hydrogens (tertiary/aromatic N) is 2. The van der Waals surface area contributed by atoms with Gasteiger partial charge in [0.15, 0.2) is 0 Å². The zero-order chi connectivity index (χ0) is 19.7. The predicted molar refractivity (Wildman–Crippen MR) is 101 cm³/mol. The lowest BCUT2D eigenvalue weighted by Crippen LogP contribution is -2.26. The van der Waals surface area contributed by atoms with Crippen LogP contribution in [0.5, 0.6) is 0 Å². The summed E-state index contributed by atoms with van der Waals surface area (Å²) in [6.45, 7) is 3.76. The number of carbonyl (C=O) groups is 1. The van der Waals surface area contributed by atoms with Gasteiger partial charge in [-0.2, -0.15) is 4.98 Å². The number of aromatic nitrogens is 2. The maximum atomic E-state index is 11.2. The number of rotatable bonds is 5. The van der Waals surface area contributed by atoms with Crippen molar-refractivity contribution in [1.82, 2.24) is 15.5 Å². The molecule has 0 aliphatic heterocycles. The fraction of sp³-hybridized carbons (Fsp3) is 0.250. The lowest BCUT2D eigenvalue weighted by molar-refractivity contribution is 0.0786. The quantitative estimate of drug-likeness (QED) is 0.637. The monoisotopic (exact) mass is 369 g/mol. The molecule has 0 aliphatic rings. The first kappa shape index (κ1) is 20.3. The van der Waals surface area contributed by atoms with E-state index in [-0.39, 0.29) is 12.5 Å². The van der Waals surface area contributed by atoms with Gasteiger partial charge < -0.3 is 20.1 Å². The summed E-state index contributed by atoms with van der Waals surface area (Å²) in [5.74, 6) is 0.405. The van der Waals surface area contributed by atoms with Gasteiger partial charge >= 0.3 is 0 Å². The third-order valence-corrected chi connectivity index (χ3v) is 3.64. The zero-order valence-corrected chi connectivity index (χ0v) is 15.3. The molecule has 1 heterocycles. The van der Waals surface area contributed by atoms with Crippen LogP contribution in [0.15, 0.2) is 65.5 Å². The highest BCUT2D eigenvalue weighted by atomic mass is 16.5. The first-order valence-corrected chi connectivity index (χ1v) is 8.45. The highest BCUT2D eigenvalue weighted by Crippen LogP contribution is 2.22. The molecule has 0 aliphatic carbocycles. The van der Waals surface area contributed by atoms with Crippen molar-refractivity contribution in [2.24, 2.45) is 0 Å². The SMILES string of the molecule is CC(C)(O)c1ccc(-c2ncon2)cc1.O=C(NCCO)c1ccccc1. The molecule has 27 heavy (non-hydrogen) atoms. The van der Waals surface area contributed by atoms with Crippen molar-refractivity contribution >= 4 is 5.91 Å². The van der Waals surface area contributed by atoms with E-state index in [9.17, 15) is 9.90 Å². The van der Waals surface area contributed by atoms with E-state index in [0.29, 0.717) is 17.9 Å². The average molecular weight is 369 g/mol. The van der Waals surface area contributed by atoms with Gasteiger partial charge in [-0.1, -0.05) is 47.6 Å². The molecule has 3 N–H and O–H groups in total. The molecule has 142 valence electrons. The zero-order valence-electron chi connectivity index (χ0n) is 15.3. The highest BCUT2D eigenvalue weighted by Gasteiger charge is 2.15. The topological polar surface area (TPSA) is 108 Å². The summed E-state index contributed by atoms with van der Waals surface area (Å²) in [7, 11) is 0. The van der Waals surface area contributed by atoms with Crippen molar-refractivity contribution in [1.29, 1.82) is 0 Å². The standard InChI is InChI=1S/C11H12N2O2.C9H11NO2/c1-11(2,14)9-5-3-8(4-6-9)10-12-7-15-13-10;11-7-6-10-9(12)8-4-2-1-3-5-8/h3-7,14H,1-2H3;1-5,11H,6-7H2,(H,10,12). The normalized spacial score (nSPS) is 10.7. The number of aliphatic hydroxyl groups excluding tert-OH is 1.